The Balaban J connectivity index is 1.43. The second-order valence-corrected chi connectivity index (χ2v) is 7.99. The van der Waals surface area contributed by atoms with E-state index in [1.165, 1.54) is 0 Å². The van der Waals surface area contributed by atoms with Gasteiger partial charge in [-0.25, -0.2) is 4.68 Å². The average Bonchev–Trinajstić information content (AvgIpc) is 3.38. The topological polar surface area (TPSA) is 69.3 Å². The van der Waals surface area contributed by atoms with Gasteiger partial charge in [-0.2, -0.15) is 5.10 Å². The normalized spacial score (nSPS) is 11.0. The number of furan rings is 1. The molecular formula is C24H21Cl2N3O3. The fourth-order valence-electron chi connectivity index (χ4n) is 3.30. The van der Waals surface area contributed by atoms with Crippen molar-refractivity contribution in [3.05, 3.63) is 105 Å². The minimum atomic E-state index is -0.327. The minimum absolute atomic E-state index is 0.262. The molecule has 4 rings (SSSR count). The van der Waals surface area contributed by atoms with Crippen LogP contribution in [-0.4, -0.2) is 15.7 Å². The Bertz CT molecular complexity index is 1220. The number of hydrogen-bond acceptors (Lipinski definition) is 4. The predicted octanol–water partition coefficient (Wildman–Crippen LogP) is 6.11. The molecule has 0 saturated heterocycles. The highest BCUT2D eigenvalue weighted by molar-refractivity contribution is 6.34. The van der Waals surface area contributed by atoms with Crippen molar-refractivity contribution in [2.24, 2.45) is 0 Å². The monoisotopic (exact) mass is 469 g/mol. The number of amides is 1. The maximum Gasteiger partial charge on any atom is 0.260 e. The van der Waals surface area contributed by atoms with E-state index in [0.29, 0.717) is 41.7 Å². The lowest BCUT2D eigenvalue weighted by molar-refractivity contribution is 0.0929. The predicted molar refractivity (Wildman–Crippen MR) is 124 cm³/mol. The fourth-order valence-corrected chi connectivity index (χ4v) is 3.82. The third-order valence-electron chi connectivity index (χ3n) is 4.85. The smallest absolute Gasteiger partial charge is 0.260 e. The highest BCUT2D eigenvalue weighted by Gasteiger charge is 2.21. The number of benzene rings is 2. The van der Waals surface area contributed by atoms with Gasteiger partial charge in [-0.15, -0.1) is 0 Å². The summed E-state index contributed by atoms with van der Waals surface area (Å²) in [5.41, 5.74) is 3.30. The molecule has 0 aliphatic carbocycles. The molecule has 8 heteroatoms. The first-order valence-corrected chi connectivity index (χ1v) is 10.7. The van der Waals surface area contributed by atoms with Gasteiger partial charge in [0.05, 0.1) is 30.7 Å². The van der Waals surface area contributed by atoms with Crippen molar-refractivity contribution in [2.45, 2.75) is 26.7 Å². The van der Waals surface area contributed by atoms with Gasteiger partial charge in [0.15, 0.2) is 0 Å². The van der Waals surface area contributed by atoms with Crippen molar-refractivity contribution in [1.82, 2.24) is 9.78 Å². The van der Waals surface area contributed by atoms with E-state index in [1.54, 1.807) is 23.9 Å². The molecule has 0 aliphatic heterocycles. The molecule has 0 fully saturated rings. The van der Waals surface area contributed by atoms with Gasteiger partial charge in [0.2, 0.25) is 0 Å². The Morgan fingerprint density at radius 2 is 1.94 bits per heavy atom. The van der Waals surface area contributed by atoms with Crippen LogP contribution in [0.15, 0.2) is 71.3 Å². The molecule has 6 nitrogen and oxygen atoms in total. The Kier molecular flexibility index (Phi) is 6.95. The van der Waals surface area contributed by atoms with Crippen LogP contribution in [0.5, 0.6) is 0 Å². The summed E-state index contributed by atoms with van der Waals surface area (Å²) in [7, 11) is 0. The maximum atomic E-state index is 13.0. The van der Waals surface area contributed by atoms with Crippen LogP contribution in [0.3, 0.4) is 0 Å². The lowest BCUT2D eigenvalue weighted by Crippen LogP contribution is -2.13. The molecule has 2 aromatic carbocycles. The molecule has 1 N–H and O–H groups in total. The lowest BCUT2D eigenvalue weighted by Gasteiger charge is -2.09. The number of halogens is 2. The van der Waals surface area contributed by atoms with E-state index >= 15 is 0 Å². The first-order chi connectivity index (χ1) is 15.5. The number of carbonyl (C=O) groups is 1. The summed E-state index contributed by atoms with van der Waals surface area (Å²) in [5.74, 6) is 0.430. The SMILES string of the molecule is Cc1nn(Cc2ccccc2Cl)c(Cl)c1C(=O)Nc1cccc(COCc2ccco2)c1. The van der Waals surface area contributed by atoms with Gasteiger partial charge in [0, 0.05) is 10.7 Å². The zero-order chi connectivity index (χ0) is 22.5. The van der Waals surface area contributed by atoms with Crippen molar-refractivity contribution in [3.63, 3.8) is 0 Å². The molecule has 2 aromatic heterocycles. The van der Waals surface area contributed by atoms with Crippen LogP contribution in [0.1, 0.15) is 32.9 Å². The van der Waals surface area contributed by atoms with E-state index in [2.05, 4.69) is 10.4 Å². The van der Waals surface area contributed by atoms with E-state index in [1.807, 2.05) is 54.6 Å². The van der Waals surface area contributed by atoms with Crippen LogP contribution in [0, 0.1) is 6.92 Å². The van der Waals surface area contributed by atoms with Gasteiger partial charge in [-0.05, 0) is 48.4 Å². The van der Waals surface area contributed by atoms with Crippen LogP contribution in [0.2, 0.25) is 10.2 Å². The summed E-state index contributed by atoms with van der Waals surface area (Å²) in [6.07, 6.45) is 1.61. The second kappa shape index (κ2) is 10.0. The van der Waals surface area contributed by atoms with Gasteiger partial charge in [-0.3, -0.25) is 4.79 Å². The first-order valence-electron chi connectivity index (χ1n) is 9.98. The number of nitrogens with one attached hydrogen (secondary N) is 1. The third-order valence-corrected chi connectivity index (χ3v) is 5.60. The van der Waals surface area contributed by atoms with Crippen LogP contribution in [-0.2, 0) is 24.5 Å². The summed E-state index contributed by atoms with van der Waals surface area (Å²) in [6, 6.07) is 18.6. The molecule has 0 radical (unpaired) electrons. The summed E-state index contributed by atoms with van der Waals surface area (Å²) in [6.45, 7) is 2.89. The molecule has 0 aliphatic rings. The van der Waals surface area contributed by atoms with E-state index in [4.69, 9.17) is 32.4 Å². The van der Waals surface area contributed by atoms with Gasteiger partial charge in [-0.1, -0.05) is 53.5 Å². The summed E-state index contributed by atoms with van der Waals surface area (Å²) >= 11 is 12.8. The zero-order valence-corrected chi connectivity index (χ0v) is 18.9. The Morgan fingerprint density at radius 1 is 1.09 bits per heavy atom. The summed E-state index contributed by atoms with van der Waals surface area (Å²) in [4.78, 5) is 13.0. The quantitative estimate of drug-likeness (QED) is 0.338. The maximum absolute atomic E-state index is 13.0. The largest absolute Gasteiger partial charge is 0.467 e. The zero-order valence-electron chi connectivity index (χ0n) is 17.3. The number of ether oxygens (including phenoxy) is 1. The number of anilines is 1. The molecule has 0 unspecified atom stereocenters. The first kappa shape index (κ1) is 22.1. The van der Waals surface area contributed by atoms with Gasteiger partial charge in [0.1, 0.15) is 17.5 Å². The Labute approximate surface area is 195 Å². The van der Waals surface area contributed by atoms with E-state index in [0.717, 1.165) is 16.9 Å². The number of aromatic nitrogens is 2. The number of aryl methyl sites for hydroxylation is 1. The standard InChI is InChI=1S/C24H21Cl2N3O3/c1-16-22(23(26)29(28-16)13-18-7-2-3-10-21(18)25)24(30)27-19-8-4-6-17(12-19)14-31-15-20-9-5-11-32-20/h2-12H,13-15H2,1H3,(H,27,30). The van der Waals surface area contributed by atoms with Crippen molar-refractivity contribution < 1.29 is 13.9 Å². The van der Waals surface area contributed by atoms with Gasteiger partial charge in [0.25, 0.3) is 5.91 Å². The lowest BCUT2D eigenvalue weighted by atomic mass is 10.2. The minimum Gasteiger partial charge on any atom is -0.467 e. The van der Waals surface area contributed by atoms with Crippen molar-refractivity contribution in [2.75, 3.05) is 5.32 Å². The molecule has 2 heterocycles. The van der Waals surface area contributed by atoms with Gasteiger partial charge < -0.3 is 14.5 Å². The number of hydrogen-bond donors (Lipinski definition) is 1. The van der Waals surface area contributed by atoms with E-state index < -0.39 is 0 Å². The molecule has 0 atom stereocenters. The number of rotatable bonds is 8. The summed E-state index contributed by atoms with van der Waals surface area (Å²) < 4.78 is 12.5. The van der Waals surface area contributed by atoms with E-state index in [-0.39, 0.29) is 11.1 Å². The molecule has 0 bridgehead atoms. The average molecular weight is 470 g/mol. The van der Waals surface area contributed by atoms with Crippen LogP contribution in [0.4, 0.5) is 5.69 Å². The molecule has 32 heavy (non-hydrogen) atoms. The van der Waals surface area contributed by atoms with Crippen LogP contribution >= 0.6 is 23.2 Å². The van der Waals surface area contributed by atoms with Crippen molar-refractivity contribution >= 4 is 34.8 Å². The summed E-state index contributed by atoms with van der Waals surface area (Å²) in [5, 5.41) is 8.21. The molecule has 164 valence electrons. The Hall–Kier alpha value is -3.06. The fraction of sp³-hybridized carbons (Fsp3) is 0.167. The highest BCUT2D eigenvalue weighted by atomic mass is 35.5. The molecule has 4 aromatic rings. The Morgan fingerprint density at radius 3 is 2.72 bits per heavy atom. The molecule has 0 spiro atoms. The number of carbonyl (C=O) groups excluding carboxylic acids is 1. The van der Waals surface area contributed by atoms with E-state index in [9.17, 15) is 4.79 Å². The second-order valence-electron chi connectivity index (χ2n) is 7.23. The van der Waals surface area contributed by atoms with Crippen molar-refractivity contribution in [3.8, 4) is 0 Å². The highest BCUT2D eigenvalue weighted by Crippen LogP contribution is 2.24. The van der Waals surface area contributed by atoms with Crippen molar-refractivity contribution in [1.29, 1.82) is 0 Å². The van der Waals surface area contributed by atoms with Gasteiger partial charge >= 0.3 is 0 Å². The third kappa shape index (κ3) is 5.22. The van der Waals surface area contributed by atoms with Crippen LogP contribution in [0.25, 0.3) is 0 Å². The molecule has 0 saturated carbocycles. The molecular weight excluding hydrogens is 449 g/mol. The molecule has 1 amide bonds. The number of nitrogens with zero attached hydrogens (tertiary/aromatic N) is 2. The van der Waals surface area contributed by atoms with Crippen LogP contribution < -0.4 is 5.32 Å².